The maximum absolute atomic E-state index is 13.2. The van der Waals surface area contributed by atoms with Crippen LogP contribution in [0.15, 0.2) is 103 Å². The van der Waals surface area contributed by atoms with E-state index in [1.807, 2.05) is 37.3 Å². The van der Waals surface area contributed by atoms with Gasteiger partial charge >= 0.3 is 6.18 Å². The Kier molecular flexibility index (Phi) is 9.81. The van der Waals surface area contributed by atoms with E-state index in [1.54, 1.807) is 62.4 Å². The van der Waals surface area contributed by atoms with Crippen molar-refractivity contribution in [2.45, 2.75) is 51.1 Å². The lowest BCUT2D eigenvalue weighted by molar-refractivity contribution is -0.137. The molecular weight excluding hydrogens is 579 g/mol. The number of amides is 1. The van der Waals surface area contributed by atoms with Crippen molar-refractivity contribution in [3.63, 3.8) is 0 Å². The van der Waals surface area contributed by atoms with E-state index in [9.17, 15) is 22.8 Å². The zero-order valence-electron chi connectivity index (χ0n) is 23.8. The van der Waals surface area contributed by atoms with E-state index < -0.39 is 23.4 Å². The summed E-state index contributed by atoms with van der Waals surface area (Å²) < 4.78 is 51.0. The number of hydrogen-bond acceptors (Lipinski definition) is 4. The van der Waals surface area contributed by atoms with Crippen LogP contribution >= 0.6 is 11.6 Å². The van der Waals surface area contributed by atoms with Crippen LogP contribution in [0.3, 0.4) is 0 Å². The Labute approximate surface area is 253 Å². The third-order valence-corrected chi connectivity index (χ3v) is 6.97. The van der Waals surface area contributed by atoms with E-state index in [0.717, 1.165) is 17.7 Å². The molecule has 0 aliphatic carbocycles. The van der Waals surface area contributed by atoms with E-state index in [4.69, 9.17) is 21.1 Å². The zero-order chi connectivity index (χ0) is 31.2. The minimum absolute atomic E-state index is 0.166. The number of hydrogen-bond donors (Lipinski definition) is 1. The number of carbonyl (C=O) groups is 2. The van der Waals surface area contributed by atoms with Crippen LogP contribution < -0.4 is 14.8 Å². The van der Waals surface area contributed by atoms with Crippen LogP contribution in [0.4, 0.5) is 13.2 Å². The Morgan fingerprint density at radius 3 is 1.88 bits per heavy atom. The SMILES string of the molecule is C[C@H](C[C@@H](Oc1ccc(C(F)(F)F)cc1)c1ccccc1)NC(=O)C(C)(C)Oc1ccc(C(=O)c2ccc(Cl)cc2)cc1. The number of carbonyl (C=O) groups excluding carboxylic acids is 2. The van der Waals surface area contributed by atoms with Crippen molar-refractivity contribution in [3.8, 4) is 11.5 Å². The second-order valence-corrected chi connectivity index (χ2v) is 11.1. The minimum atomic E-state index is -4.44. The van der Waals surface area contributed by atoms with Crippen molar-refractivity contribution in [3.05, 3.63) is 130 Å². The summed E-state index contributed by atoms with van der Waals surface area (Å²) in [4.78, 5) is 26.0. The predicted molar refractivity (Wildman–Crippen MR) is 160 cm³/mol. The molecule has 0 bridgehead atoms. The highest BCUT2D eigenvalue weighted by Gasteiger charge is 2.32. The molecule has 0 aliphatic heterocycles. The Bertz CT molecular complexity index is 1520. The first-order valence-corrected chi connectivity index (χ1v) is 14.0. The molecule has 0 radical (unpaired) electrons. The predicted octanol–water partition coefficient (Wildman–Crippen LogP) is 8.46. The van der Waals surface area contributed by atoms with E-state index in [0.29, 0.717) is 28.3 Å². The molecule has 0 aromatic heterocycles. The van der Waals surface area contributed by atoms with Crippen LogP contribution in [0.1, 0.15) is 60.3 Å². The lowest BCUT2D eigenvalue weighted by Crippen LogP contribution is -2.49. The van der Waals surface area contributed by atoms with Gasteiger partial charge in [0.1, 0.15) is 17.6 Å². The van der Waals surface area contributed by atoms with E-state index in [1.165, 1.54) is 12.1 Å². The Morgan fingerprint density at radius 1 is 0.791 bits per heavy atom. The largest absolute Gasteiger partial charge is 0.486 e. The highest BCUT2D eigenvalue weighted by atomic mass is 35.5. The third-order valence-electron chi connectivity index (χ3n) is 6.72. The van der Waals surface area contributed by atoms with Gasteiger partial charge in [0.05, 0.1) is 5.56 Å². The van der Waals surface area contributed by atoms with E-state index in [-0.39, 0.29) is 23.5 Å². The van der Waals surface area contributed by atoms with Crippen LogP contribution in [0.25, 0.3) is 0 Å². The maximum Gasteiger partial charge on any atom is 0.416 e. The summed E-state index contributed by atoms with van der Waals surface area (Å²) in [6.45, 7) is 5.08. The molecule has 2 atom stereocenters. The topological polar surface area (TPSA) is 64.6 Å². The summed E-state index contributed by atoms with van der Waals surface area (Å²) in [6, 6.07) is 26.5. The summed E-state index contributed by atoms with van der Waals surface area (Å²) in [5.74, 6) is 0.151. The summed E-state index contributed by atoms with van der Waals surface area (Å²) in [5.41, 5.74) is -0.241. The average molecular weight is 610 g/mol. The smallest absolute Gasteiger partial charge is 0.416 e. The quantitative estimate of drug-likeness (QED) is 0.173. The van der Waals surface area contributed by atoms with Crippen molar-refractivity contribution in [1.29, 1.82) is 0 Å². The van der Waals surface area contributed by atoms with Gasteiger partial charge < -0.3 is 14.8 Å². The number of rotatable bonds is 11. The van der Waals surface area contributed by atoms with Crippen LogP contribution in [-0.2, 0) is 11.0 Å². The first kappa shape index (κ1) is 31.6. The Hall–Kier alpha value is -4.30. The molecule has 1 amide bonds. The van der Waals surface area contributed by atoms with Crippen LogP contribution in [0.2, 0.25) is 5.02 Å². The molecule has 0 saturated carbocycles. The summed E-state index contributed by atoms with van der Waals surface area (Å²) in [6.07, 6.45) is -4.64. The molecule has 0 unspecified atom stereocenters. The first-order chi connectivity index (χ1) is 20.3. The standard InChI is InChI=1S/C34H31ClF3NO4/c1-22(21-30(23-7-5-4-6-8-23)42-28-19-13-26(14-20-28)34(36,37)38)39-32(41)33(2,3)43-29-17-11-25(12-18-29)31(40)24-9-15-27(35)16-10-24/h4-20,22,30H,21H2,1-3H3,(H,39,41)/t22-,30-/m1/s1. The number of benzene rings is 4. The molecule has 1 N–H and O–H groups in total. The molecule has 0 saturated heterocycles. The number of nitrogens with one attached hydrogen (secondary N) is 1. The highest BCUT2D eigenvalue weighted by molar-refractivity contribution is 6.30. The molecule has 4 aromatic rings. The molecule has 43 heavy (non-hydrogen) atoms. The molecule has 4 rings (SSSR count). The van der Waals surface area contributed by atoms with Gasteiger partial charge in [-0.15, -0.1) is 0 Å². The van der Waals surface area contributed by atoms with Gasteiger partial charge in [-0.05, 0) is 99.1 Å². The Morgan fingerprint density at radius 2 is 1.33 bits per heavy atom. The summed E-state index contributed by atoms with van der Waals surface area (Å²) in [7, 11) is 0. The van der Waals surface area contributed by atoms with Gasteiger partial charge in [-0.3, -0.25) is 9.59 Å². The lowest BCUT2D eigenvalue weighted by Gasteiger charge is -2.29. The normalized spacial score (nSPS) is 13.1. The molecule has 0 aliphatic rings. The Balaban J connectivity index is 1.39. The fourth-order valence-corrected chi connectivity index (χ4v) is 4.49. The monoisotopic (exact) mass is 609 g/mol. The van der Waals surface area contributed by atoms with Gasteiger partial charge in [-0.1, -0.05) is 41.9 Å². The van der Waals surface area contributed by atoms with Gasteiger partial charge in [-0.25, -0.2) is 0 Å². The van der Waals surface area contributed by atoms with Crippen LogP contribution in [0.5, 0.6) is 11.5 Å². The van der Waals surface area contributed by atoms with Crippen LogP contribution in [0, 0.1) is 0 Å². The zero-order valence-corrected chi connectivity index (χ0v) is 24.6. The van der Waals surface area contributed by atoms with Gasteiger partial charge in [0, 0.05) is 28.6 Å². The number of ketones is 1. The maximum atomic E-state index is 13.2. The molecule has 0 fully saturated rings. The number of halogens is 4. The molecule has 224 valence electrons. The molecule has 0 heterocycles. The van der Waals surface area contributed by atoms with Crippen molar-refractivity contribution < 1.29 is 32.2 Å². The lowest BCUT2D eigenvalue weighted by atomic mass is 10.0. The minimum Gasteiger partial charge on any atom is -0.486 e. The van der Waals surface area contributed by atoms with Gasteiger partial charge in [0.15, 0.2) is 11.4 Å². The molecule has 0 spiro atoms. The molecular formula is C34H31ClF3NO4. The molecule has 4 aromatic carbocycles. The number of ether oxygens (including phenoxy) is 2. The molecule has 9 heteroatoms. The fraction of sp³-hybridized carbons (Fsp3) is 0.235. The van der Waals surface area contributed by atoms with Crippen molar-refractivity contribution >= 4 is 23.3 Å². The van der Waals surface area contributed by atoms with E-state index >= 15 is 0 Å². The first-order valence-electron chi connectivity index (χ1n) is 13.6. The second kappa shape index (κ2) is 13.3. The van der Waals surface area contributed by atoms with Gasteiger partial charge in [-0.2, -0.15) is 13.2 Å². The highest BCUT2D eigenvalue weighted by Crippen LogP contribution is 2.32. The average Bonchev–Trinajstić information content (AvgIpc) is 2.97. The molecule has 5 nitrogen and oxygen atoms in total. The fourth-order valence-electron chi connectivity index (χ4n) is 4.37. The van der Waals surface area contributed by atoms with E-state index in [2.05, 4.69) is 5.32 Å². The van der Waals surface area contributed by atoms with Crippen molar-refractivity contribution in [2.24, 2.45) is 0 Å². The number of alkyl halides is 3. The van der Waals surface area contributed by atoms with Crippen molar-refractivity contribution in [2.75, 3.05) is 0 Å². The van der Waals surface area contributed by atoms with Crippen LogP contribution in [-0.4, -0.2) is 23.3 Å². The van der Waals surface area contributed by atoms with Crippen molar-refractivity contribution in [1.82, 2.24) is 5.32 Å². The van der Waals surface area contributed by atoms with Gasteiger partial charge in [0.2, 0.25) is 0 Å². The second-order valence-electron chi connectivity index (χ2n) is 10.6. The summed E-state index contributed by atoms with van der Waals surface area (Å²) >= 11 is 5.91. The summed E-state index contributed by atoms with van der Waals surface area (Å²) in [5, 5.41) is 3.49. The van der Waals surface area contributed by atoms with Gasteiger partial charge in [0.25, 0.3) is 5.91 Å². The third kappa shape index (κ3) is 8.61.